The van der Waals surface area contributed by atoms with Crippen molar-refractivity contribution < 1.29 is 4.39 Å². The minimum atomic E-state index is -0.180. The molecule has 1 aliphatic rings. The predicted octanol–water partition coefficient (Wildman–Crippen LogP) is 4.85. The maximum Gasteiger partial charge on any atom is 0.128 e. The van der Waals surface area contributed by atoms with Crippen LogP contribution in [-0.4, -0.2) is 9.55 Å². The Bertz CT molecular complexity index is 866. The lowest BCUT2D eigenvalue weighted by atomic mass is 9.87. The van der Waals surface area contributed by atoms with E-state index in [1.165, 1.54) is 30.0 Å². The zero-order chi connectivity index (χ0) is 16.5. The molecule has 3 aromatic rings. The third-order valence-corrected chi connectivity index (χ3v) is 5.03. The number of hydrogen-bond donors (Lipinski definition) is 0. The van der Waals surface area contributed by atoms with Gasteiger partial charge in [-0.15, -0.1) is 0 Å². The first-order valence-electron chi connectivity index (χ1n) is 8.58. The smallest absolute Gasteiger partial charge is 0.128 e. The molecule has 1 aromatic heterocycles. The van der Waals surface area contributed by atoms with Gasteiger partial charge in [-0.1, -0.05) is 36.4 Å². The van der Waals surface area contributed by atoms with Gasteiger partial charge >= 0.3 is 0 Å². The minimum absolute atomic E-state index is 0.173. The van der Waals surface area contributed by atoms with Crippen LogP contribution in [0.4, 0.5) is 4.39 Å². The highest BCUT2D eigenvalue weighted by molar-refractivity contribution is 5.40. The summed E-state index contributed by atoms with van der Waals surface area (Å²) >= 11 is 0. The van der Waals surface area contributed by atoms with Crippen molar-refractivity contribution in [3.05, 3.63) is 88.8 Å². The van der Waals surface area contributed by atoms with E-state index in [9.17, 15) is 4.39 Å². The Labute approximate surface area is 142 Å². The molecule has 0 spiro atoms. The van der Waals surface area contributed by atoms with Crippen molar-refractivity contribution in [1.29, 1.82) is 0 Å². The Morgan fingerprint density at radius 2 is 1.83 bits per heavy atom. The number of rotatable bonds is 3. The molecule has 0 fully saturated rings. The van der Waals surface area contributed by atoms with Gasteiger partial charge in [-0.05, 0) is 55.4 Å². The lowest BCUT2D eigenvalue weighted by Crippen LogP contribution is -2.15. The fourth-order valence-electron chi connectivity index (χ4n) is 3.75. The summed E-state index contributed by atoms with van der Waals surface area (Å²) in [7, 11) is 0. The molecule has 0 N–H and O–H groups in total. The van der Waals surface area contributed by atoms with Gasteiger partial charge in [0.25, 0.3) is 0 Å². The summed E-state index contributed by atoms with van der Waals surface area (Å²) in [5.74, 6) is -0.173. The van der Waals surface area contributed by atoms with Crippen molar-refractivity contribution in [2.45, 2.75) is 38.6 Å². The van der Waals surface area contributed by atoms with Crippen LogP contribution in [0.2, 0.25) is 0 Å². The van der Waals surface area contributed by atoms with Crippen molar-refractivity contribution in [2.24, 2.45) is 0 Å². The number of aromatic nitrogens is 2. The molecule has 0 bridgehead atoms. The summed E-state index contributed by atoms with van der Waals surface area (Å²) in [6.07, 6.45) is 8.41. The molecule has 0 aliphatic heterocycles. The first-order valence-corrected chi connectivity index (χ1v) is 8.58. The normalized spacial score (nSPS) is 15.1. The molecular formula is C21H21FN2. The van der Waals surface area contributed by atoms with E-state index in [4.69, 9.17) is 0 Å². The van der Waals surface area contributed by atoms with Crippen LogP contribution < -0.4 is 0 Å². The van der Waals surface area contributed by atoms with Gasteiger partial charge < -0.3 is 4.57 Å². The number of nitrogens with zero attached hydrogens (tertiary/aromatic N) is 2. The Kier molecular flexibility index (Phi) is 3.93. The van der Waals surface area contributed by atoms with E-state index in [-0.39, 0.29) is 11.9 Å². The summed E-state index contributed by atoms with van der Waals surface area (Å²) in [5, 5.41) is 0. The highest BCUT2D eigenvalue weighted by Gasteiger charge is 2.22. The van der Waals surface area contributed by atoms with E-state index in [2.05, 4.69) is 27.8 Å². The summed E-state index contributed by atoms with van der Waals surface area (Å²) in [5.41, 5.74) is 5.70. The van der Waals surface area contributed by atoms with Gasteiger partial charge in [0.2, 0.25) is 0 Å². The number of imidazole rings is 1. The fourth-order valence-corrected chi connectivity index (χ4v) is 3.75. The lowest BCUT2D eigenvalue weighted by Gasteiger charge is -2.24. The molecule has 3 heteroatoms. The van der Waals surface area contributed by atoms with Gasteiger partial charge in [0, 0.05) is 17.5 Å². The minimum Gasteiger partial charge on any atom is -0.323 e. The van der Waals surface area contributed by atoms with Crippen molar-refractivity contribution in [1.82, 2.24) is 9.55 Å². The van der Waals surface area contributed by atoms with Crippen molar-refractivity contribution in [3.8, 4) is 0 Å². The number of aryl methyl sites for hydroxylation is 3. The summed E-state index contributed by atoms with van der Waals surface area (Å²) in [6, 6.07) is 13.5. The second-order valence-corrected chi connectivity index (χ2v) is 6.60. The van der Waals surface area contributed by atoms with E-state index in [1.807, 2.05) is 25.3 Å². The van der Waals surface area contributed by atoms with Gasteiger partial charge in [0.05, 0.1) is 12.4 Å². The van der Waals surface area contributed by atoms with Gasteiger partial charge in [-0.3, -0.25) is 0 Å². The van der Waals surface area contributed by atoms with E-state index >= 15 is 0 Å². The highest BCUT2D eigenvalue weighted by Crippen LogP contribution is 2.32. The summed E-state index contributed by atoms with van der Waals surface area (Å²) in [6.45, 7) is 2.01. The van der Waals surface area contributed by atoms with E-state index < -0.39 is 0 Å². The standard InChI is InChI=1S/C21H21FN2/c1-15-13-23-14-24(15)21(19-8-4-5-9-20(19)22)18-11-10-16-6-2-3-7-17(16)12-18/h4-5,8-14,21H,2-3,6-7H2,1H3. The summed E-state index contributed by atoms with van der Waals surface area (Å²) < 4.78 is 16.6. The molecule has 0 amide bonds. The number of halogens is 1. The second-order valence-electron chi connectivity index (χ2n) is 6.60. The average Bonchev–Trinajstić information content (AvgIpc) is 3.03. The van der Waals surface area contributed by atoms with E-state index in [0.29, 0.717) is 5.56 Å². The largest absolute Gasteiger partial charge is 0.323 e. The maximum absolute atomic E-state index is 14.6. The molecule has 1 unspecified atom stereocenters. The Balaban J connectivity index is 1.88. The Hall–Kier alpha value is -2.42. The Morgan fingerprint density at radius 1 is 1.04 bits per heavy atom. The van der Waals surface area contributed by atoms with Crippen LogP contribution in [0.15, 0.2) is 55.0 Å². The van der Waals surface area contributed by atoms with Crippen LogP contribution in [0, 0.1) is 12.7 Å². The summed E-state index contributed by atoms with van der Waals surface area (Å²) in [4.78, 5) is 4.25. The van der Waals surface area contributed by atoms with Gasteiger partial charge in [-0.2, -0.15) is 0 Å². The fraction of sp³-hybridized carbons (Fsp3) is 0.286. The molecule has 122 valence electrons. The van der Waals surface area contributed by atoms with Crippen LogP contribution in [0.5, 0.6) is 0 Å². The molecule has 0 saturated heterocycles. The van der Waals surface area contributed by atoms with Crippen LogP contribution in [0.25, 0.3) is 0 Å². The van der Waals surface area contributed by atoms with Crippen molar-refractivity contribution in [2.75, 3.05) is 0 Å². The molecular weight excluding hydrogens is 299 g/mol. The molecule has 24 heavy (non-hydrogen) atoms. The molecule has 0 saturated carbocycles. The van der Waals surface area contributed by atoms with Crippen LogP contribution in [0.3, 0.4) is 0 Å². The topological polar surface area (TPSA) is 17.8 Å². The molecule has 2 aromatic carbocycles. The van der Waals surface area contributed by atoms with Gasteiger partial charge in [0.1, 0.15) is 5.82 Å². The van der Waals surface area contributed by atoms with E-state index in [0.717, 1.165) is 24.1 Å². The van der Waals surface area contributed by atoms with Crippen LogP contribution in [-0.2, 0) is 12.8 Å². The van der Waals surface area contributed by atoms with Gasteiger partial charge in [-0.25, -0.2) is 9.37 Å². The maximum atomic E-state index is 14.6. The SMILES string of the molecule is Cc1cncn1C(c1ccc2c(c1)CCCC2)c1ccccc1F. The predicted molar refractivity (Wildman–Crippen MR) is 93.7 cm³/mol. The number of fused-ring (bicyclic) bond motifs is 1. The zero-order valence-electron chi connectivity index (χ0n) is 13.9. The first-order chi connectivity index (χ1) is 11.7. The highest BCUT2D eigenvalue weighted by atomic mass is 19.1. The van der Waals surface area contributed by atoms with Crippen molar-refractivity contribution in [3.63, 3.8) is 0 Å². The van der Waals surface area contributed by atoms with Crippen LogP contribution in [0.1, 0.15) is 46.8 Å². The molecule has 4 rings (SSSR count). The van der Waals surface area contributed by atoms with Crippen molar-refractivity contribution >= 4 is 0 Å². The quantitative estimate of drug-likeness (QED) is 0.675. The third kappa shape index (κ3) is 2.64. The van der Waals surface area contributed by atoms with Crippen LogP contribution >= 0.6 is 0 Å². The molecule has 1 atom stereocenters. The molecule has 1 heterocycles. The second kappa shape index (κ2) is 6.23. The molecule has 1 aliphatic carbocycles. The average molecular weight is 320 g/mol. The number of benzene rings is 2. The molecule has 0 radical (unpaired) electrons. The Morgan fingerprint density at radius 3 is 2.58 bits per heavy atom. The third-order valence-electron chi connectivity index (χ3n) is 5.03. The molecule has 2 nitrogen and oxygen atoms in total. The van der Waals surface area contributed by atoms with E-state index in [1.54, 1.807) is 12.4 Å². The first kappa shape index (κ1) is 15.1. The monoisotopic (exact) mass is 320 g/mol. The zero-order valence-corrected chi connectivity index (χ0v) is 13.9. The van der Waals surface area contributed by atoms with Gasteiger partial charge in [0.15, 0.2) is 0 Å². The number of hydrogen-bond acceptors (Lipinski definition) is 1. The lowest BCUT2D eigenvalue weighted by molar-refractivity contribution is 0.566.